The third-order valence-corrected chi connectivity index (χ3v) is 5.65. The molecule has 1 saturated carbocycles. The Balaban J connectivity index is 0.00000220. The Labute approximate surface area is 135 Å². The molecule has 1 N–H and O–H groups in total. The summed E-state index contributed by atoms with van der Waals surface area (Å²) >= 11 is 0. The molecule has 3 unspecified atom stereocenters. The first-order chi connectivity index (χ1) is 9.60. The van der Waals surface area contributed by atoms with E-state index < -0.39 is 0 Å². The molecule has 0 aromatic carbocycles. The van der Waals surface area contributed by atoms with Crippen LogP contribution in [0.5, 0.6) is 0 Å². The zero-order chi connectivity index (χ0) is 14.8. The number of nitrogens with zero attached hydrogens (tertiary/aromatic N) is 1. The van der Waals surface area contributed by atoms with Gasteiger partial charge in [0.1, 0.15) is 0 Å². The molecule has 5 heteroatoms. The number of halogens is 1. The molecular weight excluding hydrogens is 288 g/mol. The smallest absolute Gasteiger partial charge is 0.227 e. The van der Waals surface area contributed by atoms with Crippen molar-refractivity contribution in [2.45, 2.75) is 58.6 Å². The van der Waals surface area contributed by atoms with Crippen LogP contribution in [0.3, 0.4) is 0 Å². The molecule has 1 heterocycles. The third-order valence-electron chi connectivity index (χ3n) is 5.65. The minimum absolute atomic E-state index is 0. The summed E-state index contributed by atoms with van der Waals surface area (Å²) in [5.41, 5.74) is 0.159. The van der Waals surface area contributed by atoms with E-state index in [2.05, 4.69) is 26.1 Å². The number of nitrogens with one attached hydrogen (secondary N) is 1. The molecule has 0 radical (unpaired) electrons. The SMILES string of the molecule is CCOC1CC(N(C)C(=O)C2CCNC2)C1(CC)CC.Cl. The molecule has 21 heavy (non-hydrogen) atoms. The van der Waals surface area contributed by atoms with Crippen molar-refractivity contribution in [2.24, 2.45) is 11.3 Å². The van der Waals surface area contributed by atoms with Crippen LogP contribution in [-0.2, 0) is 9.53 Å². The van der Waals surface area contributed by atoms with Crippen LogP contribution in [0.4, 0.5) is 0 Å². The second-order valence-electron chi connectivity index (χ2n) is 6.27. The number of ether oxygens (including phenoxy) is 1. The van der Waals surface area contributed by atoms with Gasteiger partial charge in [-0.1, -0.05) is 13.8 Å². The lowest BCUT2D eigenvalue weighted by Crippen LogP contribution is -2.65. The summed E-state index contributed by atoms with van der Waals surface area (Å²) in [5, 5.41) is 3.29. The van der Waals surface area contributed by atoms with Gasteiger partial charge in [-0.2, -0.15) is 0 Å². The van der Waals surface area contributed by atoms with Crippen molar-refractivity contribution in [1.29, 1.82) is 0 Å². The van der Waals surface area contributed by atoms with Gasteiger partial charge in [0.05, 0.1) is 12.0 Å². The summed E-state index contributed by atoms with van der Waals surface area (Å²) in [4.78, 5) is 14.6. The van der Waals surface area contributed by atoms with Gasteiger partial charge in [-0.05, 0) is 39.2 Å². The number of carbonyl (C=O) groups is 1. The Morgan fingerprint density at radius 1 is 1.33 bits per heavy atom. The van der Waals surface area contributed by atoms with Gasteiger partial charge in [0, 0.05) is 31.7 Å². The molecule has 2 aliphatic rings. The first kappa shape index (κ1) is 18.7. The number of amides is 1. The lowest BCUT2D eigenvalue weighted by atomic mass is 9.58. The Morgan fingerprint density at radius 2 is 2.00 bits per heavy atom. The number of hydrogen-bond donors (Lipinski definition) is 1. The maximum Gasteiger partial charge on any atom is 0.227 e. The first-order valence-electron chi connectivity index (χ1n) is 8.19. The highest BCUT2D eigenvalue weighted by molar-refractivity contribution is 5.85. The summed E-state index contributed by atoms with van der Waals surface area (Å²) in [5.74, 6) is 0.499. The van der Waals surface area contributed by atoms with E-state index in [0.717, 1.165) is 45.4 Å². The Morgan fingerprint density at radius 3 is 2.48 bits per heavy atom. The summed E-state index contributed by atoms with van der Waals surface area (Å²) in [7, 11) is 1.99. The number of carbonyl (C=O) groups excluding carboxylic acids is 1. The quantitative estimate of drug-likeness (QED) is 0.818. The van der Waals surface area contributed by atoms with E-state index in [0.29, 0.717) is 18.1 Å². The van der Waals surface area contributed by atoms with Crippen molar-refractivity contribution in [3.8, 4) is 0 Å². The second kappa shape index (κ2) is 7.80. The normalized spacial score (nSPS) is 30.4. The zero-order valence-electron chi connectivity index (χ0n) is 13.9. The second-order valence-corrected chi connectivity index (χ2v) is 6.27. The predicted octanol–water partition coefficient (Wildman–Crippen LogP) is 2.46. The molecule has 0 aromatic heterocycles. The van der Waals surface area contributed by atoms with Gasteiger partial charge in [0.15, 0.2) is 0 Å². The topological polar surface area (TPSA) is 41.6 Å². The highest BCUT2D eigenvalue weighted by Crippen LogP contribution is 2.51. The van der Waals surface area contributed by atoms with Gasteiger partial charge in [0.2, 0.25) is 5.91 Å². The van der Waals surface area contributed by atoms with Crippen molar-refractivity contribution in [2.75, 3.05) is 26.7 Å². The Kier molecular flexibility index (Phi) is 6.95. The van der Waals surface area contributed by atoms with E-state index >= 15 is 0 Å². The van der Waals surface area contributed by atoms with E-state index in [4.69, 9.17) is 4.74 Å². The lowest BCUT2D eigenvalue weighted by Gasteiger charge is -2.58. The summed E-state index contributed by atoms with van der Waals surface area (Å²) in [6.07, 6.45) is 4.47. The van der Waals surface area contributed by atoms with Gasteiger partial charge in [-0.25, -0.2) is 0 Å². The van der Waals surface area contributed by atoms with Gasteiger partial charge in [0.25, 0.3) is 0 Å². The van der Waals surface area contributed by atoms with Crippen LogP contribution in [0.25, 0.3) is 0 Å². The summed E-state index contributed by atoms with van der Waals surface area (Å²) in [6, 6.07) is 0.349. The monoisotopic (exact) mass is 318 g/mol. The van der Waals surface area contributed by atoms with Crippen LogP contribution in [0.2, 0.25) is 0 Å². The predicted molar refractivity (Wildman–Crippen MR) is 87.8 cm³/mol. The average molecular weight is 319 g/mol. The molecular formula is C16H31ClN2O2. The molecule has 2 rings (SSSR count). The maximum absolute atomic E-state index is 12.6. The van der Waals surface area contributed by atoms with Crippen LogP contribution < -0.4 is 5.32 Å². The number of hydrogen-bond acceptors (Lipinski definition) is 3. The molecule has 0 spiro atoms. The van der Waals surface area contributed by atoms with E-state index in [9.17, 15) is 4.79 Å². The van der Waals surface area contributed by atoms with Crippen LogP contribution in [-0.4, -0.2) is 49.7 Å². The van der Waals surface area contributed by atoms with Crippen molar-refractivity contribution in [3.63, 3.8) is 0 Å². The molecule has 1 aliphatic heterocycles. The first-order valence-corrected chi connectivity index (χ1v) is 8.19. The Bertz CT molecular complexity index is 341. The van der Waals surface area contributed by atoms with Crippen molar-refractivity contribution >= 4 is 18.3 Å². The van der Waals surface area contributed by atoms with E-state index in [1.807, 2.05) is 11.9 Å². The maximum atomic E-state index is 12.6. The lowest BCUT2D eigenvalue weighted by molar-refractivity contribution is -0.178. The summed E-state index contributed by atoms with van der Waals surface area (Å²) in [6.45, 7) is 9.11. The highest BCUT2D eigenvalue weighted by Gasteiger charge is 2.56. The molecule has 1 amide bonds. The minimum atomic E-state index is 0. The van der Waals surface area contributed by atoms with Crippen LogP contribution in [0.15, 0.2) is 0 Å². The molecule has 4 nitrogen and oxygen atoms in total. The van der Waals surface area contributed by atoms with Crippen LogP contribution >= 0.6 is 12.4 Å². The van der Waals surface area contributed by atoms with Crippen molar-refractivity contribution < 1.29 is 9.53 Å². The molecule has 0 bridgehead atoms. The van der Waals surface area contributed by atoms with Gasteiger partial charge < -0.3 is 15.0 Å². The average Bonchev–Trinajstić information content (AvgIpc) is 2.97. The fourth-order valence-corrected chi connectivity index (χ4v) is 4.19. The fraction of sp³-hybridized carbons (Fsp3) is 0.938. The summed E-state index contributed by atoms with van der Waals surface area (Å²) < 4.78 is 5.91. The molecule has 3 atom stereocenters. The molecule has 0 aromatic rings. The number of rotatable bonds is 6. The highest BCUT2D eigenvalue weighted by atomic mass is 35.5. The van der Waals surface area contributed by atoms with Crippen LogP contribution in [0.1, 0.15) is 46.5 Å². The van der Waals surface area contributed by atoms with Gasteiger partial charge in [-0.3, -0.25) is 4.79 Å². The van der Waals surface area contributed by atoms with E-state index in [1.165, 1.54) is 0 Å². The fourth-order valence-electron chi connectivity index (χ4n) is 4.19. The van der Waals surface area contributed by atoms with Crippen LogP contribution in [0, 0.1) is 11.3 Å². The van der Waals surface area contributed by atoms with Gasteiger partial charge in [-0.15, -0.1) is 12.4 Å². The van der Waals surface area contributed by atoms with E-state index in [-0.39, 0.29) is 23.7 Å². The van der Waals surface area contributed by atoms with E-state index in [1.54, 1.807) is 0 Å². The largest absolute Gasteiger partial charge is 0.378 e. The Hall–Kier alpha value is -0.320. The zero-order valence-corrected chi connectivity index (χ0v) is 14.7. The molecule has 2 fully saturated rings. The molecule has 1 saturated heterocycles. The minimum Gasteiger partial charge on any atom is -0.378 e. The molecule has 124 valence electrons. The van der Waals surface area contributed by atoms with Crippen molar-refractivity contribution in [3.05, 3.63) is 0 Å². The third kappa shape index (κ3) is 3.22. The van der Waals surface area contributed by atoms with Gasteiger partial charge >= 0.3 is 0 Å². The standard InChI is InChI=1S/C16H30N2O2.ClH/c1-5-16(6-2)13(10-14(16)20-7-3)18(4)15(19)12-8-9-17-11-12;/h12-14,17H,5-11H2,1-4H3;1H. The van der Waals surface area contributed by atoms with Crippen molar-refractivity contribution in [1.82, 2.24) is 10.2 Å². The molecule has 1 aliphatic carbocycles.